The molecule has 0 aromatic heterocycles. The molecule has 0 aliphatic rings. The predicted octanol–water partition coefficient (Wildman–Crippen LogP) is 2.31. The van der Waals surface area contributed by atoms with Crippen molar-refractivity contribution in [3.8, 4) is 0 Å². The number of primary amides is 1. The molecular weight excluding hydrogens is 212 g/mol. The highest BCUT2D eigenvalue weighted by Crippen LogP contribution is 2.14. The highest BCUT2D eigenvalue weighted by Gasteiger charge is 2.03. The van der Waals surface area contributed by atoms with E-state index in [0.717, 1.165) is 24.0 Å². The van der Waals surface area contributed by atoms with Crippen LogP contribution in [0, 0.1) is 0 Å². The Morgan fingerprint density at radius 3 is 2.53 bits per heavy atom. The molecule has 1 aromatic rings. The van der Waals surface area contributed by atoms with Crippen LogP contribution in [0.2, 0.25) is 0 Å². The molecule has 3 heteroatoms. The Labute approximate surface area is 102 Å². The van der Waals surface area contributed by atoms with Gasteiger partial charge >= 0.3 is 6.03 Å². The van der Waals surface area contributed by atoms with Gasteiger partial charge < -0.3 is 11.1 Å². The molecule has 0 spiro atoms. The number of carbonyl (C=O) groups is 1. The minimum Gasteiger partial charge on any atom is -0.352 e. The van der Waals surface area contributed by atoms with Crippen LogP contribution in [0.4, 0.5) is 4.79 Å². The van der Waals surface area contributed by atoms with Gasteiger partial charge in [-0.1, -0.05) is 30.4 Å². The Morgan fingerprint density at radius 1 is 1.24 bits per heavy atom. The normalized spacial score (nSPS) is 9.65. The molecule has 1 aromatic carbocycles. The van der Waals surface area contributed by atoms with Gasteiger partial charge in [-0.05, 0) is 29.5 Å². The van der Waals surface area contributed by atoms with E-state index in [9.17, 15) is 4.79 Å². The lowest BCUT2D eigenvalue weighted by Crippen LogP contribution is -2.29. The third-order valence-electron chi connectivity index (χ3n) is 2.47. The van der Waals surface area contributed by atoms with E-state index < -0.39 is 6.03 Å². The molecule has 0 saturated carbocycles. The fourth-order valence-corrected chi connectivity index (χ4v) is 1.67. The highest BCUT2D eigenvalue weighted by molar-refractivity contribution is 5.71. The van der Waals surface area contributed by atoms with Crippen molar-refractivity contribution in [2.75, 3.05) is 0 Å². The first kappa shape index (κ1) is 13.0. The third kappa shape index (κ3) is 4.15. The van der Waals surface area contributed by atoms with Crippen LogP contribution in [0.1, 0.15) is 16.7 Å². The van der Waals surface area contributed by atoms with E-state index in [0.29, 0.717) is 6.54 Å². The number of benzene rings is 1. The van der Waals surface area contributed by atoms with E-state index in [1.165, 1.54) is 5.56 Å². The summed E-state index contributed by atoms with van der Waals surface area (Å²) in [7, 11) is 0. The Morgan fingerprint density at radius 2 is 1.94 bits per heavy atom. The van der Waals surface area contributed by atoms with E-state index in [-0.39, 0.29) is 0 Å². The molecule has 0 unspecified atom stereocenters. The average Bonchev–Trinajstić information content (AvgIpc) is 2.28. The summed E-state index contributed by atoms with van der Waals surface area (Å²) < 4.78 is 0. The first-order valence-corrected chi connectivity index (χ1v) is 5.53. The molecule has 0 aliphatic heterocycles. The molecule has 0 aliphatic carbocycles. The third-order valence-corrected chi connectivity index (χ3v) is 2.47. The maximum Gasteiger partial charge on any atom is 0.312 e. The van der Waals surface area contributed by atoms with Gasteiger partial charge in [0.2, 0.25) is 0 Å². The molecule has 17 heavy (non-hydrogen) atoms. The number of nitrogens with two attached hydrogens (primary N) is 1. The zero-order valence-corrected chi connectivity index (χ0v) is 9.91. The molecular formula is C14H18N2O. The summed E-state index contributed by atoms with van der Waals surface area (Å²) in [6, 6.07) is 5.64. The molecule has 2 amide bonds. The van der Waals surface area contributed by atoms with E-state index in [4.69, 9.17) is 5.73 Å². The topological polar surface area (TPSA) is 55.1 Å². The van der Waals surface area contributed by atoms with Gasteiger partial charge in [0.15, 0.2) is 0 Å². The van der Waals surface area contributed by atoms with Crippen molar-refractivity contribution in [1.29, 1.82) is 0 Å². The van der Waals surface area contributed by atoms with Crippen LogP contribution < -0.4 is 11.1 Å². The highest BCUT2D eigenvalue weighted by atomic mass is 16.2. The summed E-state index contributed by atoms with van der Waals surface area (Å²) in [4.78, 5) is 10.7. The van der Waals surface area contributed by atoms with Crippen molar-refractivity contribution in [2.45, 2.75) is 19.4 Å². The van der Waals surface area contributed by atoms with E-state index in [1.807, 2.05) is 24.3 Å². The summed E-state index contributed by atoms with van der Waals surface area (Å²) in [6.07, 6.45) is 5.34. The first-order chi connectivity index (χ1) is 8.17. The van der Waals surface area contributed by atoms with Crippen molar-refractivity contribution in [3.63, 3.8) is 0 Å². The number of carbonyl (C=O) groups excluding carboxylic acids is 1. The number of allylic oxidation sites excluding steroid dienone is 2. The van der Waals surface area contributed by atoms with Crippen molar-refractivity contribution in [3.05, 3.63) is 60.2 Å². The standard InChI is InChI=1S/C14H18N2O/c1-3-5-11-7-8-13(10-16-14(15)17)12(9-11)6-4-2/h3-4,7-9H,1-2,5-6,10H2,(H3,15,16,17). The number of amides is 2. The molecule has 0 heterocycles. The molecule has 0 bridgehead atoms. The Bertz CT molecular complexity index is 424. The minimum absolute atomic E-state index is 0.451. The number of rotatable bonds is 6. The van der Waals surface area contributed by atoms with Gasteiger partial charge in [-0.3, -0.25) is 0 Å². The second kappa shape index (κ2) is 6.53. The lowest BCUT2D eigenvalue weighted by atomic mass is 9.99. The van der Waals surface area contributed by atoms with Gasteiger partial charge in [0, 0.05) is 6.54 Å². The molecule has 3 nitrogen and oxygen atoms in total. The molecule has 0 radical (unpaired) electrons. The van der Waals surface area contributed by atoms with Crippen LogP contribution in [0.3, 0.4) is 0 Å². The van der Waals surface area contributed by atoms with Crippen LogP contribution >= 0.6 is 0 Å². The number of hydrogen-bond donors (Lipinski definition) is 2. The Hall–Kier alpha value is -2.03. The number of nitrogens with one attached hydrogen (secondary N) is 1. The fraction of sp³-hybridized carbons (Fsp3) is 0.214. The van der Waals surface area contributed by atoms with Gasteiger partial charge in [-0.25, -0.2) is 4.79 Å². The van der Waals surface area contributed by atoms with Crippen LogP contribution in [0.25, 0.3) is 0 Å². The zero-order chi connectivity index (χ0) is 12.7. The molecule has 0 fully saturated rings. The summed E-state index contributed by atoms with van der Waals surface area (Å²) in [5.41, 5.74) is 8.49. The Kier molecular flexibility index (Phi) is 5.01. The van der Waals surface area contributed by atoms with Crippen LogP contribution in [-0.2, 0) is 19.4 Å². The maximum atomic E-state index is 10.7. The van der Waals surface area contributed by atoms with E-state index in [2.05, 4.69) is 24.5 Å². The molecule has 3 N–H and O–H groups in total. The summed E-state index contributed by atoms with van der Waals surface area (Å²) in [5, 5.41) is 2.60. The molecule has 90 valence electrons. The van der Waals surface area contributed by atoms with Crippen LogP contribution in [0.5, 0.6) is 0 Å². The second-order valence-corrected chi connectivity index (χ2v) is 3.81. The minimum atomic E-state index is -0.510. The molecule has 0 saturated heterocycles. The van der Waals surface area contributed by atoms with E-state index >= 15 is 0 Å². The largest absolute Gasteiger partial charge is 0.352 e. The van der Waals surface area contributed by atoms with E-state index in [1.54, 1.807) is 0 Å². The van der Waals surface area contributed by atoms with Gasteiger partial charge in [0.25, 0.3) is 0 Å². The van der Waals surface area contributed by atoms with Crippen LogP contribution in [0.15, 0.2) is 43.5 Å². The van der Waals surface area contributed by atoms with Crippen molar-refractivity contribution >= 4 is 6.03 Å². The quantitative estimate of drug-likeness (QED) is 0.724. The van der Waals surface area contributed by atoms with Crippen molar-refractivity contribution < 1.29 is 4.79 Å². The lowest BCUT2D eigenvalue weighted by Gasteiger charge is -2.10. The zero-order valence-electron chi connectivity index (χ0n) is 9.91. The number of hydrogen-bond acceptors (Lipinski definition) is 1. The van der Waals surface area contributed by atoms with Crippen molar-refractivity contribution in [2.24, 2.45) is 5.73 Å². The lowest BCUT2D eigenvalue weighted by molar-refractivity contribution is 0.248. The summed E-state index contributed by atoms with van der Waals surface area (Å²) >= 11 is 0. The monoisotopic (exact) mass is 230 g/mol. The van der Waals surface area contributed by atoms with Crippen LogP contribution in [-0.4, -0.2) is 6.03 Å². The molecule has 1 rings (SSSR count). The fourth-order valence-electron chi connectivity index (χ4n) is 1.67. The number of urea groups is 1. The first-order valence-electron chi connectivity index (χ1n) is 5.53. The SMILES string of the molecule is C=CCc1ccc(CNC(N)=O)c(CC=C)c1. The molecule has 0 atom stereocenters. The van der Waals surface area contributed by atoms with Gasteiger partial charge in [-0.2, -0.15) is 0 Å². The summed E-state index contributed by atoms with van der Waals surface area (Å²) in [5.74, 6) is 0. The Balaban J connectivity index is 2.90. The average molecular weight is 230 g/mol. The predicted molar refractivity (Wildman–Crippen MR) is 70.7 cm³/mol. The van der Waals surface area contributed by atoms with Crippen molar-refractivity contribution in [1.82, 2.24) is 5.32 Å². The summed E-state index contributed by atoms with van der Waals surface area (Å²) in [6.45, 7) is 7.91. The van der Waals surface area contributed by atoms with Gasteiger partial charge in [-0.15, -0.1) is 13.2 Å². The smallest absolute Gasteiger partial charge is 0.312 e. The van der Waals surface area contributed by atoms with Gasteiger partial charge in [0.1, 0.15) is 0 Å². The maximum absolute atomic E-state index is 10.7. The second-order valence-electron chi connectivity index (χ2n) is 3.81. The van der Waals surface area contributed by atoms with Gasteiger partial charge in [0.05, 0.1) is 0 Å².